The summed E-state index contributed by atoms with van der Waals surface area (Å²) in [6.07, 6.45) is 7.23. The number of anilines is 2. The lowest BCUT2D eigenvalue weighted by molar-refractivity contribution is -0.116. The highest BCUT2D eigenvalue weighted by atomic mass is 32.1. The van der Waals surface area contributed by atoms with Gasteiger partial charge < -0.3 is 10.2 Å². The fourth-order valence-corrected chi connectivity index (χ4v) is 4.56. The second-order valence-corrected chi connectivity index (χ2v) is 8.71. The lowest BCUT2D eigenvalue weighted by atomic mass is 10.1. The van der Waals surface area contributed by atoms with Gasteiger partial charge in [0.05, 0.1) is 0 Å². The Morgan fingerprint density at radius 1 is 1.11 bits per heavy atom. The first-order valence-corrected chi connectivity index (χ1v) is 10.9. The van der Waals surface area contributed by atoms with Crippen molar-refractivity contribution >= 4 is 33.6 Å². The minimum Gasteiger partial charge on any atom is -0.372 e. The number of hydrogen-bond donors (Lipinski definition) is 1. The monoisotopic (exact) mass is 396 g/mol. The number of nitrogens with one attached hydrogen (secondary N) is 1. The van der Waals surface area contributed by atoms with Crippen LogP contribution in [0.3, 0.4) is 0 Å². The predicted molar refractivity (Wildman–Crippen MR) is 110 cm³/mol. The number of carbonyl (C=O) groups is 1. The molecule has 1 aromatic carbocycles. The van der Waals surface area contributed by atoms with Gasteiger partial charge in [0.25, 0.3) is 0 Å². The molecule has 1 amide bonds. The van der Waals surface area contributed by atoms with E-state index in [-0.39, 0.29) is 5.91 Å². The van der Waals surface area contributed by atoms with Gasteiger partial charge in [0.15, 0.2) is 5.82 Å². The van der Waals surface area contributed by atoms with Crippen molar-refractivity contribution < 1.29 is 4.79 Å². The first kappa shape index (κ1) is 17.6. The Bertz CT molecular complexity index is 968. The topological polar surface area (TPSA) is 75.4 Å². The van der Waals surface area contributed by atoms with Crippen LogP contribution >= 0.6 is 11.3 Å². The first-order valence-electron chi connectivity index (χ1n) is 10.1. The van der Waals surface area contributed by atoms with Gasteiger partial charge in [-0.2, -0.15) is 9.61 Å². The maximum atomic E-state index is 12.3. The Morgan fingerprint density at radius 2 is 1.89 bits per heavy atom. The van der Waals surface area contributed by atoms with Crippen molar-refractivity contribution in [1.29, 1.82) is 0 Å². The summed E-state index contributed by atoms with van der Waals surface area (Å²) in [4.78, 5) is 15.6. The third-order valence-electron chi connectivity index (χ3n) is 5.44. The van der Waals surface area contributed by atoms with E-state index in [1.807, 2.05) is 16.6 Å². The molecular formula is C20H24N6OS. The molecule has 0 bridgehead atoms. The molecule has 1 saturated carbocycles. The van der Waals surface area contributed by atoms with Crippen LogP contribution < -0.4 is 10.2 Å². The second-order valence-electron chi connectivity index (χ2n) is 7.67. The zero-order valence-corrected chi connectivity index (χ0v) is 16.6. The van der Waals surface area contributed by atoms with Crippen LogP contribution in [0.15, 0.2) is 24.3 Å². The quantitative estimate of drug-likeness (QED) is 0.689. The number of rotatable bonds is 6. The Balaban J connectivity index is 1.16. The number of piperidine rings is 1. The van der Waals surface area contributed by atoms with E-state index in [4.69, 9.17) is 0 Å². The van der Waals surface area contributed by atoms with Gasteiger partial charge in [-0.25, -0.2) is 0 Å². The third kappa shape index (κ3) is 3.73. The molecule has 2 fully saturated rings. The van der Waals surface area contributed by atoms with Crippen molar-refractivity contribution in [3.8, 4) is 0 Å². The summed E-state index contributed by atoms with van der Waals surface area (Å²) in [5, 5.41) is 17.0. The van der Waals surface area contributed by atoms with E-state index >= 15 is 0 Å². The van der Waals surface area contributed by atoms with Crippen molar-refractivity contribution in [2.45, 2.75) is 50.9 Å². The van der Waals surface area contributed by atoms with Crippen molar-refractivity contribution in [2.24, 2.45) is 0 Å². The van der Waals surface area contributed by atoms with E-state index in [0.717, 1.165) is 34.6 Å². The number of carbonyl (C=O) groups excluding carboxylic acids is 1. The Morgan fingerprint density at radius 3 is 2.64 bits per heavy atom. The molecule has 7 nitrogen and oxygen atoms in total. The van der Waals surface area contributed by atoms with E-state index in [0.29, 0.717) is 18.8 Å². The second kappa shape index (κ2) is 7.50. The molecule has 3 aromatic rings. The molecule has 2 aromatic heterocycles. The number of aromatic nitrogens is 4. The molecular weight excluding hydrogens is 372 g/mol. The number of benzene rings is 1. The lowest BCUT2D eigenvalue weighted by Gasteiger charge is -2.28. The highest BCUT2D eigenvalue weighted by Gasteiger charge is 2.30. The first-order chi connectivity index (χ1) is 13.8. The average Bonchev–Trinajstić information content (AvgIpc) is 3.36. The van der Waals surface area contributed by atoms with Crippen LogP contribution in [0.2, 0.25) is 0 Å². The molecule has 1 aliphatic heterocycles. The molecule has 8 heteroatoms. The van der Waals surface area contributed by atoms with Crippen LogP contribution in [-0.2, 0) is 11.2 Å². The van der Waals surface area contributed by atoms with Crippen molar-refractivity contribution in [3.05, 3.63) is 35.1 Å². The average molecular weight is 397 g/mol. The van der Waals surface area contributed by atoms with Crippen LogP contribution in [0.1, 0.15) is 55.3 Å². The molecule has 146 valence electrons. The van der Waals surface area contributed by atoms with Crippen LogP contribution in [0.4, 0.5) is 11.4 Å². The molecule has 3 heterocycles. The molecule has 1 saturated heterocycles. The summed E-state index contributed by atoms with van der Waals surface area (Å²) in [6, 6.07) is 8.19. The highest BCUT2D eigenvalue weighted by Crippen LogP contribution is 2.39. The molecule has 0 spiro atoms. The van der Waals surface area contributed by atoms with Gasteiger partial charge in [0, 0.05) is 43.2 Å². The summed E-state index contributed by atoms with van der Waals surface area (Å²) in [6.45, 7) is 2.25. The smallest absolute Gasteiger partial charge is 0.234 e. The molecule has 0 unspecified atom stereocenters. The fraction of sp³-hybridized carbons (Fsp3) is 0.500. The summed E-state index contributed by atoms with van der Waals surface area (Å²) < 4.78 is 1.86. The largest absolute Gasteiger partial charge is 0.372 e. The minimum atomic E-state index is 0.0131. The van der Waals surface area contributed by atoms with Gasteiger partial charge in [0.2, 0.25) is 10.9 Å². The maximum absolute atomic E-state index is 12.3. The van der Waals surface area contributed by atoms with Gasteiger partial charge in [0.1, 0.15) is 5.01 Å². The van der Waals surface area contributed by atoms with Crippen LogP contribution in [0.25, 0.3) is 4.96 Å². The molecule has 5 rings (SSSR count). The van der Waals surface area contributed by atoms with E-state index in [9.17, 15) is 4.79 Å². The number of nitrogens with zero attached hydrogens (tertiary/aromatic N) is 5. The van der Waals surface area contributed by atoms with Gasteiger partial charge in [-0.15, -0.1) is 10.2 Å². The number of hydrogen-bond acceptors (Lipinski definition) is 6. The van der Waals surface area contributed by atoms with E-state index in [1.165, 1.54) is 49.1 Å². The van der Waals surface area contributed by atoms with Crippen molar-refractivity contribution in [2.75, 3.05) is 23.3 Å². The SMILES string of the molecule is O=C(CCc1nn2c(C3CC3)nnc2s1)Nc1ccc(N2CCCCC2)cc1. The van der Waals surface area contributed by atoms with E-state index < -0.39 is 0 Å². The summed E-state index contributed by atoms with van der Waals surface area (Å²) in [5.41, 5.74) is 2.09. The molecule has 28 heavy (non-hydrogen) atoms. The van der Waals surface area contributed by atoms with Crippen LogP contribution in [-0.4, -0.2) is 38.8 Å². The summed E-state index contributed by atoms with van der Waals surface area (Å²) in [5.74, 6) is 1.50. The molecule has 1 aliphatic carbocycles. The Hall–Kier alpha value is -2.48. The van der Waals surface area contributed by atoms with Gasteiger partial charge >= 0.3 is 0 Å². The fourth-order valence-electron chi connectivity index (χ4n) is 3.72. The highest BCUT2D eigenvalue weighted by molar-refractivity contribution is 7.16. The summed E-state index contributed by atoms with van der Waals surface area (Å²) >= 11 is 1.52. The molecule has 1 N–H and O–H groups in total. The zero-order valence-electron chi connectivity index (χ0n) is 15.8. The molecule has 2 aliphatic rings. The lowest BCUT2D eigenvalue weighted by Crippen LogP contribution is -2.29. The van der Waals surface area contributed by atoms with Gasteiger partial charge in [-0.05, 0) is 56.4 Å². The van der Waals surface area contributed by atoms with Crippen molar-refractivity contribution in [3.63, 3.8) is 0 Å². The zero-order chi connectivity index (χ0) is 18.9. The van der Waals surface area contributed by atoms with Crippen molar-refractivity contribution in [1.82, 2.24) is 19.8 Å². The number of aryl methyl sites for hydroxylation is 1. The summed E-state index contributed by atoms with van der Waals surface area (Å²) in [7, 11) is 0. The third-order valence-corrected chi connectivity index (χ3v) is 6.40. The predicted octanol–water partition coefficient (Wildman–Crippen LogP) is 3.62. The Labute approximate surface area is 167 Å². The van der Waals surface area contributed by atoms with E-state index in [2.05, 4.69) is 37.6 Å². The molecule has 0 radical (unpaired) electrons. The normalized spacial score (nSPS) is 17.2. The van der Waals surface area contributed by atoms with E-state index in [1.54, 1.807) is 0 Å². The Kier molecular flexibility index (Phi) is 4.72. The number of amides is 1. The standard InChI is InChI=1S/C20H24N6OS/c27-17(21-15-6-8-16(9-7-15)25-12-2-1-3-13-25)10-11-18-24-26-19(14-4-5-14)22-23-20(26)28-18/h6-9,14H,1-5,10-13H2,(H,21,27). The van der Waals surface area contributed by atoms with Crippen LogP contribution in [0, 0.1) is 0 Å². The van der Waals surface area contributed by atoms with Gasteiger partial charge in [-0.3, -0.25) is 4.79 Å². The maximum Gasteiger partial charge on any atom is 0.234 e. The molecule has 0 atom stereocenters. The minimum absolute atomic E-state index is 0.0131. The van der Waals surface area contributed by atoms with Gasteiger partial charge in [-0.1, -0.05) is 11.3 Å². The van der Waals surface area contributed by atoms with Crippen LogP contribution in [0.5, 0.6) is 0 Å². The number of fused-ring (bicyclic) bond motifs is 1.